The van der Waals surface area contributed by atoms with Gasteiger partial charge in [-0.3, -0.25) is 4.90 Å². The van der Waals surface area contributed by atoms with Gasteiger partial charge in [0.1, 0.15) is 6.23 Å². The zero-order valence-electron chi connectivity index (χ0n) is 14.9. The predicted octanol–water partition coefficient (Wildman–Crippen LogP) is 2.75. The lowest BCUT2D eigenvalue weighted by Crippen LogP contribution is -2.44. The molecule has 0 aliphatic heterocycles. The van der Waals surface area contributed by atoms with Crippen molar-refractivity contribution in [3.8, 4) is 0 Å². The van der Waals surface area contributed by atoms with Crippen molar-refractivity contribution in [1.82, 2.24) is 9.80 Å². The van der Waals surface area contributed by atoms with Crippen molar-refractivity contribution in [2.24, 2.45) is 0 Å². The van der Waals surface area contributed by atoms with E-state index < -0.39 is 6.09 Å². The van der Waals surface area contributed by atoms with E-state index in [0.29, 0.717) is 6.54 Å². The summed E-state index contributed by atoms with van der Waals surface area (Å²) in [5, 5.41) is 18.3. The molecule has 1 unspecified atom stereocenters. The third-order valence-electron chi connectivity index (χ3n) is 4.85. The SMILES string of the molecule is CCCCC(OC1CCC(N(C)C(=O)O)CC1)N(CC)CCO. The number of hydrogen-bond acceptors (Lipinski definition) is 4. The van der Waals surface area contributed by atoms with Crippen molar-refractivity contribution < 1.29 is 19.7 Å². The van der Waals surface area contributed by atoms with Crippen LogP contribution in [0.1, 0.15) is 58.8 Å². The first-order valence-electron chi connectivity index (χ1n) is 8.99. The molecular formula is C17H34N2O4. The monoisotopic (exact) mass is 330 g/mol. The molecule has 1 aliphatic rings. The molecule has 1 fully saturated rings. The quantitative estimate of drug-likeness (QED) is 0.603. The number of hydrogen-bond donors (Lipinski definition) is 2. The predicted molar refractivity (Wildman–Crippen MR) is 90.6 cm³/mol. The highest BCUT2D eigenvalue weighted by molar-refractivity contribution is 5.64. The van der Waals surface area contributed by atoms with Gasteiger partial charge in [-0.1, -0.05) is 20.3 Å². The molecule has 0 bridgehead atoms. The Bertz CT molecular complexity index is 333. The molecule has 1 rings (SSSR count). The van der Waals surface area contributed by atoms with E-state index in [-0.39, 0.29) is 25.0 Å². The Morgan fingerprint density at radius 1 is 1.26 bits per heavy atom. The molecule has 1 amide bonds. The van der Waals surface area contributed by atoms with Gasteiger partial charge in [0.2, 0.25) is 0 Å². The van der Waals surface area contributed by atoms with E-state index in [1.165, 1.54) is 4.90 Å². The molecule has 6 heteroatoms. The lowest BCUT2D eigenvalue weighted by atomic mass is 9.92. The van der Waals surface area contributed by atoms with Crippen LogP contribution in [0.2, 0.25) is 0 Å². The van der Waals surface area contributed by atoms with Crippen molar-refractivity contribution in [3.05, 3.63) is 0 Å². The minimum Gasteiger partial charge on any atom is -0.465 e. The Labute approximate surface area is 140 Å². The molecule has 0 saturated heterocycles. The molecule has 1 aliphatic carbocycles. The van der Waals surface area contributed by atoms with Gasteiger partial charge >= 0.3 is 6.09 Å². The fourth-order valence-electron chi connectivity index (χ4n) is 3.30. The number of aliphatic hydroxyl groups excluding tert-OH is 1. The van der Waals surface area contributed by atoms with Crippen LogP contribution in [0.4, 0.5) is 4.79 Å². The van der Waals surface area contributed by atoms with Crippen LogP contribution in [-0.2, 0) is 4.74 Å². The lowest BCUT2D eigenvalue weighted by molar-refractivity contribution is -0.118. The van der Waals surface area contributed by atoms with Crippen molar-refractivity contribution in [1.29, 1.82) is 0 Å². The molecule has 136 valence electrons. The number of carboxylic acid groups (broad SMARTS) is 1. The minimum atomic E-state index is -0.852. The Morgan fingerprint density at radius 3 is 2.39 bits per heavy atom. The molecule has 23 heavy (non-hydrogen) atoms. The van der Waals surface area contributed by atoms with Crippen molar-refractivity contribution >= 4 is 6.09 Å². The third-order valence-corrected chi connectivity index (χ3v) is 4.85. The van der Waals surface area contributed by atoms with Gasteiger partial charge < -0.3 is 19.8 Å². The Kier molecular flexibility index (Phi) is 9.52. The van der Waals surface area contributed by atoms with Crippen molar-refractivity contribution in [3.63, 3.8) is 0 Å². The van der Waals surface area contributed by atoms with Crippen molar-refractivity contribution in [2.75, 3.05) is 26.7 Å². The topological polar surface area (TPSA) is 73.2 Å². The summed E-state index contributed by atoms with van der Waals surface area (Å²) in [4.78, 5) is 14.7. The van der Waals surface area contributed by atoms with Gasteiger partial charge in [-0.05, 0) is 45.1 Å². The number of ether oxygens (including phenoxy) is 1. The first-order chi connectivity index (χ1) is 11.0. The Hall–Kier alpha value is -0.850. The van der Waals surface area contributed by atoms with Gasteiger partial charge in [0.05, 0.1) is 12.7 Å². The fraction of sp³-hybridized carbons (Fsp3) is 0.941. The maximum atomic E-state index is 11.0. The summed E-state index contributed by atoms with van der Waals surface area (Å²) < 4.78 is 6.34. The maximum absolute atomic E-state index is 11.0. The molecule has 6 nitrogen and oxygen atoms in total. The first kappa shape index (κ1) is 20.2. The molecule has 0 aromatic carbocycles. The van der Waals surface area contributed by atoms with Crippen LogP contribution in [0.3, 0.4) is 0 Å². The third kappa shape index (κ3) is 6.65. The van der Waals surface area contributed by atoms with Crippen LogP contribution >= 0.6 is 0 Å². The normalized spacial score (nSPS) is 23.0. The highest BCUT2D eigenvalue weighted by Gasteiger charge is 2.29. The number of likely N-dealkylation sites (N-methyl/N-ethyl adjacent to an activating group) is 1. The second-order valence-electron chi connectivity index (χ2n) is 6.41. The number of carbonyl (C=O) groups is 1. The Balaban J connectivity index is 2.52. The summed E-state index contributed by atoms with van der Waals surface area (Å²) >= 11 is 0. The van der Waals surface area contributed by atoms with E-state index in [1.807, 2.05) is 0 Å². The summed E-state index contributed by atoms with van der Waals surface area (Å²) in [6.07, 6.45) is 6.17. The molecule has 1 saturated carbocycles. The second kappa shape index (κ2) is 10.8. The average Bonchev–Trinajstić information content (AvgIpc) is 2.56. The van der Waals surface area contributed by atoms with E-state index in [1.54, 1.807) is 7.05 Å². The number of aliphatic hydroxyl groups is 1. The van der Waals surface area contributed by atoms with Crippen LogP contribution in [0.25, 0.3) is 0 Å². The van der Waals surface area contributed by atoms with Gasteiger partial charge in [-0.2, -0.15) is 0 Å². The molecule has 2 N–H and O–H groups in total. The molecule has 0 heterocycles. The van der Waals surface area contributed by atoms with Crippen LogP contribution in [0.15, 0.2) is 0 Å². The van der Waals surface area contributed by atoms with Gasteiger partial charge in [0.15, 0.2) is 0 Å². The largest absolute Gasteiger partial charge is 0.465 e. The number of nitrogens with zero attached hydrogens (tertiary/aromatic N) is 2. The molecule has 0 aromatic rings. The van der Waals surface area contributed by atoms with E-state index in [2.05, 4.69) is 18.7 Å². The summed E-state index contributed by atoms with van der Waals surface area (Å²) in [6, 6.07) is 0.112. The van der Waals surface area contributed by atoms with Crippen molar-refractivity contribution in [2.45, 2.75) is 77.2 Å². The molecular weight excluding hydrogens is 296 g/mol. The highest BCUT2D eigenvalue weighted by Crippen LogP contribution is 2.27. The van der Waals surface area contributed by atoms with E-state index in [4.69, 9.17) is 9.84 Å². The zero-order chi connectivity index (χ0) is 17.2. The average molecular weight is 330 g/mol. The number of unbranched alkanes of at least 4 members (excludes halogenated alkanes) is 1. The Morgan fingerprint density at radius 2 is 1.91 bits per heavy atom. The second-order valence-corrected chi connectivity index (χ2v) is 6.41. The zero-order valence-corrected chi connectivity index (χ0v) is 14.9. The highest BCUT2D eigenvalue weighted by atomic mass is 16.5. The smallest absolute Gasteiger partial charge is 0.407 e. The van der Waals surface area contributed by atoms with Gasteiger partial charge in [0, 0.05) is 19.6 Å². The van der Waals surface area contributed by atoms with Crippen LogP contribution in [0, 0.1) is 0 Å². The summed E-state index contributed by atoms with van der Waals surface area (Å²) in [7, 11) is 1.65. The molecule has 1 atom stereocenters. The maximum Gasteiger partial charge on any atom is 0.407 e. The summed E-state index contributed by atoms with van der Waals surface area (Å²) in [6.45, 7) is 5.92. The molecule has 0 aromatic heterocycles. The summed E-state index contributed by atoms with van der Waals surface area (Å²) in [5.74, 6) is 0. The van der Waals surface area contributed by atoms with Crippen LogP contribution < -0.4 is 0 Å². The molecule has 0 spiro atoms. The first-order valence-corrected chi connectivity index (χ1v) is 8.99. The standard InChI is InChI=1S/C17H34N2O4/c1-4-6-7-16(19(5-2)12-13-20)23-15-10-8-14(9-11-15)18(3)17(21)22/h14-16,20H,4-13H2,1-3H3,(H,21,22). The van der Waals surface area contributed by atoms with Crippen LogP contribution in [0.5, 0.6) is 0 Å². The van der Waals surface area contributed by atoms with Gasteiger partial charge in [0.25, 0.3) is 0 Å². The van der Waals surface area contributed by atoms with Crippen LogP contribution in [-0.4, -0.2) is 71.2 Å². The van der Waals surface area contributed by atoms with E-state index >= 15 is 0 Å². The van der Waals surface area contributed by atoms with E-state index in [9.17, 15) is 9.90 Å². The fourth-order valence-corrected chi connectivity index (χ4v) is 3.30. The van der Waals surface area contributed by atoms with E-state index in [0.717, 1.165) is 51.5 Å². The summed E-state index contributed by atoms with van der Waals surface area (Å²) in [5.41, 5.74) is 0. The van der Waals surface area contributed by atoms with Gasteiger partial charge in [-0.25, -0.2) is 4.79 Å². The minimum absolute atomic E-state index is 0.0610. The number of rotatable bonds is 10. The molecule has 0 radical (unpaired) electrons. The lowest BCUT2D eigenvalue weighted by Gasteiger charge is -2.37. The van der Waals surface area contributed by atoms with Gasteiger partial charge in [-0.15, -0.1) is 0 Å². The number of amides is 1.